The third-order valence-electron chi connectivity index (χ3n) is 6.73. The van der Waals surface area contributed by atoms with Gasteiger partial charge in [-0.1, -0.05) is 19.1 Å². The average molecular weight is 438 g/mol. The largest absolute Gasteiger partial charge is 0.504 e. The van der Waals surface area contributed by atoms with E-state index in [0.717, 1.165) is 60.8 Å². The van der Waals surface area contributed by atoms with Gasteiger partial charge in [0.25, 0.3) is 0 Å². The van der Waals surface area contributed by atoms with Crippen LogP contribution in [0.2, 0.25) is 0 Å². The molecule has 1 atom stereocenters. The summed E-state index contributed by atoms with van der Waals surface area (Å²) >= 11 is 0. The topological polar surface area (TPSA) is 75.5 Å². The van der Waals surface area contributed by atoms with Crippen LogP contribution in [0.3, 0.4) is 0 Å². The minimum atomic E-state index is -0.353. The van der Waals surface area contributed by atoms with Gasteiger partial charge in [0.05, 0.1) is 6.61 Å². The van der Waals surface area contributed by atoms with Crippen LogP contribution in [-0.2, 0) is 0 Å². The molecular formula is C25H31N3O4. The maximum Gasteiger partial charge on any atom is 0.231 e. The molecule has 1 saturated heterocycles. The van der Waals surface area contributed by atoms with Crippen molar-refractivity contribution in [2.75, 3.05) is 33.0 Å². The van der Waals surface area contributed by atoms with Crippen molar-refractivity contribution < 1.29 is 19.3 Å². The molecule has 1 fully saturated rings. The van der Waals surface area contributed by atoms with Crippen molar-refractivity contribution in [3.8, 4) is 23.0 Å². The molecule has 3 heterocycles. The van der Waals surface area contributed by atoms with Gasteiger partial charge in [-0.05, 0) is 56.1 Å². The first-order chi connectivity index (χ1) is 15.6. The number of phenols is 1. The molecule has 1 spiro atoms. The van der Waals surface area contributed by atoms with E-state index in [1.807, 2.05) is 37.3 Å². The number of likely N-dealkylation sites (tertiary alicyclic amines) is 1. The van der Waals surface area contributed by atoms with Crippen molar-refractivity contribution >= 4 is 5.71 Å². The molecule has 0 bridgehead atoms. The lowest BCUT2D eigenvalue weighted by molar-refractivity contribution is 0.129. The lowest BCUT2D eigenvalue weighted by atomic mass is 9.87. The highest BCUT2D eigenvalue weighted by Crippen LogP contribution is 2.41. The molecule has 0 aromatic heterocycles. The Morgan fingerprint density at radius 2 is 1.97 bits per heavy atom. The van der Waals surface area contributed by atoms with Crippen LogP contribution in [0.15, 0.2) is 41.4 Å². The van der Waals surface area contributed by atoms with Crippen LogP contribution in [0.1, 0.15) is 50.3 Å². The van der Waals surface area contributed by atoms with Gasteiger partial charge in [-0.2, -0.15) is 0 Å². The number of hydrogen-bond acceptors (Lipinski definition) is 7. The number of nitrogens with one attached hydrogen (secondary N) is 1. The molecule has 3 aliphatic rings. The van der Waals surface area contributed by atoms with E-state index in [0.29, 0.717) is 18.8 Å². The second kappa shape index (κ2) is 8.64. The van der Waals surface area contributed by atoms with Crippen LogP contribution in [0.25, 0.3) is 0 Å². The Hall–Kier alpha value is -2.77. The normalized spacial score (nSPS) is 22.1. The summed E-state index contributed by atoms with van der Waals surface area (Å²) in [5.74, 6) is 2.26. The van der Waals surface area contributed by atoms with Gasteiger partial charge < -0.3 is 24.2 Å². The molecule has 7 heteroatoms. The fourth-order valence-corrected chi connectivity index (χ4v) is 4.94. The van der Waals surface area contributed by atoms with Crippen molar-refractivity contribution in [1.29, 1.82) is 0 Å². The van der Waals surface area contributed by atoms with E-state index >= 15 is 0 Å². The Kier molecular flexibility index (Phi) is 5.69. The minimum Gasteiger partial charge on any atom is -0.504 e. The maximum absolute atomic E-state index is 11.0. The monoisotopic (exact) mass is 437 g/mol. The molecule has 170 valence electrons. The van der Waals surface area contributed by atoms with Gasteiger partial charge in [0, 0.05) is 36.8 Å². The van der Waals surface area contributed by atoms with Gasteiger partial charge in [0.15, 0.2) is 23.0 Å². The summed E-state index contributed by atoms with van der Waals surface area (Å²) < 4.78 is 16.8. The Bertz CT molecular complexity index is 1010. The summed E-state index contributed by atoms with van der Waals surface area (Å²) in [5.41, 5.74) is 2.56. The molecule has 7 nitrogen and oxygen atoms in total. The second-order valence-electron chi connectivity index (χ2n) is 8.62. The Labute approximate surface area is 189 Å². The fourth-order valence-electron chi connectivity index (χ4n) is 4.94. The molecule has 2 N–H and O–H groups in total. The number of phenolic OH excluding ortho intramolecular Hbond substituents is 1. The zero-order chi connectivity index (χ0) is 22.1. The van der Waals surface area contributed by atoms with Crippen LogP contribution in [0, 0.1) is 0 Å². The number of ether oxygens (including phenoxy) is 3. The van der Waals surface area contributed by atoms with E-state index in [1.54, 1.807) is 0 Å². The molecule has 2 aromatic carbocycles. The average Bonchev–Trinajstić information content (AvgIpc) is 3.29. The Morgan fingerprint density at radius 3 is 2.75 bits per heavy atom. The minimum absolute atomic E-state index is 0.0681. The molecule has 2 aromatic rings. The van der Waals surface area contributed by atoms with E-state index in [2.05, 4.69) is 23.2 Å². The third kappa shape index (κ3) is 3.91. The number of nitrogens with zero attached hydrogens (tertiary/aromatic N) is 2. The van der Waals surface area contributed by atoms with E-state index in [1.165, 1.54) is 0 Å². The van der Waals surface area contributed by atoms with Gasteiger partial charge in [0.2, 0.25) is 6.79 Å². The van der Waals surface area contributed by atoms with Gasteiger partial charge >= 0.3 is 0 Å². The first-order valence-electron chi connectivity index (χ1n) is 11.5. The summed E-state index contributed by atoms with van der Waals surface area (Å²) in [7, 11) is 0. The summed E-state index contributed by atoms with van der Waals surface area (Å²) in [4.78, 5) is 7.73. The van der Waals surface area contributed by atoms with Crippen LogP contribution in [0.4, 0.5) is 0 Å². The lowest BCUT2D eigenvalue weighted by Gasteiger charge is -2.45. The SMILES string of the molecule is CCOc1cccc([C@H]2CC(c3ccc4c(c3)OCO4)=NC3(CCN(CC)CC3)N2)c1O. The van der Waals surface area contributed by atoms with Crippen LogP contribution >= 0.6 is 0 Å². The van der Waals surface area contributed by atoms with Crippen LogP contribution in [-0.4, -0.2) is 54.4 Å². The molecule has 0 unspecified atom stereocenters. The second-order valence-corrected chi connectivity index (χ2v) is 8.62. The number of fused-ring (bicyclic) bond motifs is 1. The number of rotatable bonds is 5. The zero-order valence-electron chi connectivity index (χ0n) is 18.8. The molecule has 0 amide bonds. The van der Waals surface area contributed by atoms with Crippen molar-refractivity contribution in [1.82, 2.24) is 10.2 Å². The quantitative estimate of drug-likeness (QED) is 0.740. The third-order valence-corrected chi connectivity index (χ3v) is 6.73. The molecule has 0 aliphatic carbocycles. The first kappa shape index (κ1) is 21.1. The molecule has 5 rings (SSSR count). The number of aromatic hydroxyl groups is 1. The van der Waals surface area contributed by atoms with Gasteiger partial charge in [-0.15, -0.1) is 0 Å². The predicted molar refractivity (Wildman–Crippen MR) is 123 cm³/mol. The summed E-state index contributed by atoms with van der Waals surface area (Å²) in [5, 5.41) is 14.8. The smallest absolute Gasteiger partial charge is 0.231 e. The van der Waals surface area contributed by atoms with Gasteiger partial charge in [-0.25, -0.2) is 0 Å². The summed E-state index contributed by atoms with van der Waals surface area (Å²) in [6.07, 6.45) is 2.52. The van der Waals surface area contributed by atoms with Crippen molar-refractivity contribution in [2.24, 2.45) is 4.99 Å². The maximum atomic E-state index is 11.0. The Morgan fingerprint density at radius 1 is 1.16 bits per heavy atom. The Balaban J connectivity index is 1.52. The van der Waals surface area contributed by atoms with Gasteiger partial charge in [0.1, 0.15) is 5.66 Å². The number of aliphatic imine (C=N–C) groups is 1. The molecule has 3 aliphatic heterocycles. The number of para-hydroxylation sites is 1. The lowest BCUT2D eigenvalue weighted by Crippen LogP contribution is -2.56. The molecule has 0 saturated carbocycles. The van der Waals surface area contributed by atoms with E-state index in [-0.39, 0.29) is 24.2 Å². The highest BCUT2D eigenvalue weighted by molar-refractivity contribution is 6.02. The van der Waals surface area contributed by atoms with Gasteiger partial charge in [-0.3, -0.25) is 10.3 Å². The number of piperidine rings is 1. The van der Waals surface area contributed by atoms with Crippen molar-refractivity contribution in [2.45, 2.75) is 44.8 Å². The molecule has 0 radical (unpaired) electrons. The van der Waals surface area contributed by atoms with E-state index in [9.17, 15) is 5.11 Å². The van der Waals surface area contributed by atoms with Crippen molar-refractivity contribution in [3.63, 3.8) is 0 Å². The highest BCUT2D eigenvalue weighted by Gasteiger charge is 2.40. The molecular weight excluding hydrogens is 406 g/mol. The van der Waals surface area contributed by atoms with Crippen molar-refractivity contribution in [3.05, 3.63) is 47.5 Å². The van der Waals surface area contributed by atoms with E-state index in [4.69, 9.17) is 19.2 Å². The molecule has 32 heavy (non-hydrogen) atoms. The number of benzene rings is 2. The van der Waals surface area contributed by atoms with Crippen LogP contribution in [0.5, 0.6) is 23.0 Å². The zero-order valence-corrected chi connectivity index (χ0v) is 18.8. The highest BCUT2D eigenvalue weighted by atomic mass is 16.7. The first-order valence-corrected chi connectivity index (χ1v) is 11.5. The standard InChI is InChI=1S/C25H31N3O4/c1-3-28-12-10-25(11-13-28)26-19(17-8-9-21-23(14-17)32-16-31-21)15-20(27-25)18-6-5-7-22(24(18)29)30-4-2/h5-9,14,20,27,29H,3-4,10-13,15-16H2,1-2H3/t20-/m1/s1. The van der Waals surface area contributed by atoms with Crippen LogP contribution < -0.4 is 19.5 Å². The summed E-state index contributed by atoms with van der Waals surface area (Å²) in [6.45, 7) is 7.94. The fraction of sp³-hybridized carbons (Fsp3) is 0.480. The summed E-state index contributed by atoms with van der Waals surface area (Å²) in [6, 6.07) is 11.7. The predicted octanol–water partition coefficient (Wildman–Crippen LogP) is 3.86. The van der Waals surface area contributed by atoms with E-state index < -0.39 is 0 Å². The number of hydrogen-bond donors (Lipinski definition) is 2.